The van der Waals surface area contributed by atoms with Gasteiger partial charge in [-0.25, -0.2) is 0 Å². The normalized spacial score (nSPS) is 17.4. The first kappa shape index (κ1) is 21.8. The van der Waals surface area contributed by atoms with Crippen molar-refractivity contribution in [2.75, 3.05) is 33.2 Å². The molecule has 31 heavy (non-hydrogen) atoms. The van der Waals surface area contributed by atoms with Crippen LogP contribution in [0.1, 0.15) is 29.5 Å². The van der Waals surface area contributed by atoms with E-state index in [0.717, 1.165) is 31.1 Å². The van der Waals surface area contributed by atoms with Gasteiger partial charge in [-0.1, -0.05) is 54.6 Å². The van der Waals surface area contributed by atoms with Crippen molar-refractivity contribution in [2.45, 2.75) is 32.7 Å². The molecule has 0 unspecified atom stereocenters. The fourth-order valence-corrected chi connectivity index (χ4v) is 4.96. The Kier molecular flexibility index (Phi) is 7.21. The summed E-state index contributed by atoms with van der Waals surface area (Å²) in [5, 5.41) is 4.73. The second kappa shape index (κ2) is 10.3. The van der Waals surface area contributed by atoms with Crippen molar-refractivity contribution in [3.63, 3.8) is 0 Å². The first-order valence-corrected chi connectivity index (χ1v) is 11.6. The number of nitrogens with zero attached hydrogens (tertiary/aromatic N) is 4. The van der Waals surface area contributed by atoms with Crippen LogP contribution in [0.2, 0.25) is 0 Å². The third-order valence-corrected chi connectivity index (χ3v) is 6.52. The molecule has 0 bridgehead atoms. The van der Waals surface area contributed by atoms with E-state index in [0.29, 0.717) is 0 Å². The molecule has 4 nitrogen and oxygen atoms in total. The number of hydrogen-bond acceptors (Lipinski definition) is 3. The Morgan fingerprint density at radius 3 is 2.61 bits per heavy atom. The number of aryl methyl sites for hydroxylation is 2. The molecule has 0 N–H and O–H groups in total. The van der Waals surface area contributed by atoms with Crippen LogP contribution < -0.4 is 0 Å². The van der Waals surface area contributed by atoms with E-state index in [9.17, 15) is 0 Å². The van der Waals surface area contributed by atoms with Crippen LogP contribution in [0.5, 0.6) is 0 Å². The summed E-state index contributed by atoms with van der Waals surface area (Å²) >= 11 is 0. The average Bonchev–Trinajstić information content (AvgIpc) is 3.14. The van der Waals surface area contributed by atoms with Crippen molar-refractivity contribution in [2.24, 2.45) is 13.0 Å². The number of hydrogen-bond donors (Lipinski definition) is 0. The first-order chi connectivity index (χ1) is 15.1. The molecule has 1 atom stereocenters. The summed E-state index contributed by atoms with van der Waals surface area (Å²) < 4.78 is 1.94. The molecular formula is C27H36N4. The molecule has 0 aliphatic carbocycles. The van der Waals surface area contributed by atoms with Crippen LogP contribution in [-0.2, 0) is 20.0 Å². The van der Waals surface area contributed by atoms with Crippen molar-refractivity contribution in [3.05, 3.63) is 77.5 Å². The Labute approximate surface area is 187 Å². The van der Waals surface area contributed by atoms with E-state index >= 15 is 0 Å². The van der Waals surface area contributed by atoms with Crippen LogP contribution in [0.25, 0.3) is 11.3 Å². The molecule has 1 aliphatic rings. The molecule has 0 radical (unpaired) electrons. The lowest BCUT2D eigenvalue weighted by Gasteiger charge is -2.35. The van der Waals surface area contributed by atoms with Crippen molar-refractivity contribution < 1.29 is 0 Å². The van der Waals surface area contributed by atoms with Crippen molar-refractivity contribution >= 4 is 0 Å². The van der Waals surface area contributed by atoms with Crippen LogP contribution >= 0.6 is 0 Å². The third kappa shape index (κ3) is 5.84. The van der Waals surface area contributed by atoms with Crippen molar-refractivity contribution in [1.82, 2.24) is 19.6 Å². The van der Waals surface area contributed by atoms with Gasteiger partial charge in [0.25, 0.3) is 0 Å². The summed E-state index contributed by atoms with van der Waals surface area (Å²) in [4.78, 5) is 5.16. The molecule has 1 aliphatic heterocycles. The minimum absolute atomic E-state index is 0.743. The predicted octanol–water partition coefficient (Wildman–Crippen LogP) is 4.78. The zero-order valence-corrected chi connectivity index (χ0v) is 19.3. The highest BCUT2D eigenvalue weighted by molar-refractivity contribution is 5.62. The van der Waals surface area contributed by atoms with Gasteiger partial charge in [-0.15, -0.1) is 0 Å². The predicted molar refractivity (Wildman–Crippen MR) is 129 cm³/mol. The van der Waals surface area contributed by atoms with Crippen LogP contribution in [-0.4, -0.2) is 52.8 Å². The highest BCUT2D eigenvalue weighted by Crippen LogP contribution is 2.24. The SMILES string of the molecule is Cc1ccccc1CCN1CCC[C@@H](CN(C)Cc2cn(C)nc2-c2ccccc2)C1. The zero-order valence-electron chi connectivity index (χ0n) is 19.3. The van der Waals surface area contributed by atoms with Crippen LogP contribution in [0.4, 0.5) is 0 Å². The molecule has 2 heterocycles. The van der Waals surface area contributed by atoms with E-state index in [2.05, 4.69) is 84.6 Å². The summed E-state index contributed by atoms with van der Waals surface area (Å²) in [5.74, 6) is 0.743. The molecular weight excluding hydrogens is 380 g/mol. The van der Waals surface area contributed by atoms with E-state index in [1.165, 1.54) is 54.7 Å². The lowest BCUT2D eigenvalue weighted by Crippen LogP contribution is -2.40. The minimum atomic E-state index is 0.743. The molecule has 0 spiro atoms. The Balaban J connectivity index is 1.32. The maximum absolute atomic E-state index is 4.73. The second-order valence-corrected chi connectivity index (χ2v) is 9.22. The molecule has 1 aromatic heterocycles. The Morgan fingerprint density at radius 1 is 1.03 bits per heavy atom. The monoisotopic (exact) mass is 416 g/mol. The molecule has 4 heteroatoms. The number of likely N-dealkylation sites (tertiary alicyclic amines) is 1. The lowest BCUT2D eigenvalue weighted by atomic mass is 9.96. The van der Waals surface area contributed by atoms with E-state index < -0.39 is 0 Å². The maximum Gasteiger partial charge on any atom is 0.0968 e. The van der Waals surface area contributed by atoms with Crippen molar-refractivity contribution in [3.8, 4) is 11.3 Å². The Hall–Kier alpha value is -2.43. The van der Waals surface area contributed by atoms with Crippen LogP contribution in [0.3, 0.4) is 0 Å². The minimum Gasteiger partial charge on any atom is -0.303 e. The third-order valence-electron chi connectivity index (χ3n) is 6.52. The molecule has 2 aromatic carbocycles. The van der Waals surface area contributed by atoms with Gasteiger partial charge in [0, 0.05) is 50.6 Å². The fraction of sp³-hybridized carbons (Fsp3) is 0.444. The Morgan fingerprint density at radius 2 is 1.81 bits per heavy atom. The fourth-order valence-electron chi connectivity index (χ4n) is 4.96. The van der Waals surface area contributed by atoms with E-state index in [1.807, 2.05) is 11.7 Å². The van der Waals surface area contributed by atoms with Gasteiger partial charge in [0.05, 0.1) is 5.69 Å². The van der Waals surface area contributed by atoms with Gasteiger partial charge in [-0.2, -0.15) is 5.10 Å². The van der Waals surface area contributed by atoms with Gasteiger partial charge in [-0.3, -0.25) is 4.68 Å². The summed E-state index contributed by atoms with van der Waals surface area (Å²) in [5.41, 5.74) is 6.53. The lowest BCUT2D eigenvalue weighted by molar-refractivity contribution is 0.142. The van der Waals surface area contributed by atoms with E-state index in [1.54, 1.807) is 0 Å². The number of rotatable bonds is 8. The van der Waals surface area contributed by atoms with Crippen molar-refractivity contribution in [1.29, 1.82) is 0 Å². The Bertz CT molecular complexity index is 962. The van der Waals surface area contributed by atoms with Gasteiger partial charge in [-0.05, 0) is 56.8 Å². The van der Waals surface area contributed by atoms with E-state index in [4.69, 9.17) is 5.10 Å². The van der Waals surface area contributed by atoms with Crippen LogP contribution in [0, 0.1) is 12.8 Å². The summed E-state index contributed by atoms with van der Waals surface area (Å²) in [6.45, 7) is 7.95. The average molecular weight is 417 g/mol. The molecule has 1 fully saturated rings. The quantitative estimate of drug-likeness (QED) is 0.528. The summed E-state index contributed by atoms with van der Waals surface area (Å²) in [6, 6.07) is 19.4. The van der Waals surface area contributed by atoms with Gasteiger partial charge in [0.2, 0.25) is 0 Å². The zero-order chi connectivity index (χ0) is 21.6. The largest absolute Gasteiger partial charge is 0.303 e. The molecule has 0 amide bonds. The van der Waals surface area contributed by atoms with E-state index in [-0.39, 0.29) is 0 Å². The molecule has 4 rings (SSSR count). The highest BCUT2D eigenvalue weighted by Gasteiger charge is 2.22. The van der Waals surface area contributed by atoms with Gasteiger partial charge in [0.15, 0.2) is 0 Å². The molecule has 1 saturated heterocycles. The molecule has 0 saturated carbocycles. The number of aromatic nitrogens is 2. The maximum atomic E-state index is 4.73. The summed E-state index contributed by atoms with van der Waals surface area (Å²) in [6.07, 6.45) is 5.98. The topological polar surface area (TPSA) is 24.3 Å². The highest BCUT2D eigenvalue weighted by atomic mass is 15.3. The summed E-state index contributed by atoms with van der Waals surface area (Å²) in [7, 11) is 4.28. The van der Waals surface area contributed by atoms with Gasteiger partial charge in [0.1, 0.15) is 0 Å². The van der Waals surface area contributed by atoms with Crippen LogP contribution in [0.15, 0.2) is 60.8 Å². The standard InChI is InChI=1S/C27H36N4/c1-22-10-7-8-12-24(22)15-17-31-16-9-11-23(19-31)18-29(2)20-26-21-30(3)28-27(26)25-13-5-4-6-14-25/h4-8,10,12-14,21,23H,9,11,15-20H2,1-3H3/t23-/m0/s1. The smallest absolute Gasteiger partial charge is 0.0968 e. The van der Waals surface area contributed by atoms with Gasteiger partial charge < -0.3 is 9.80 Å². The first-order valence-electron chi connectivity index (χ1n) is 11.6. The molecule has 164 valence electrons. The second-order valence-electron chi connectivity index (χ2n) is 9.22. The number of piperidine rings is 1. The molecule has 3 aromatic rings. The number of benzene rings is 2. The van der Waals surface area contributed by atoms with Gasteiger partial charge >= 0.3 is 0 Å².